The molecule has 4 rings (SSSR count). The Balaban J connectivity index is 1.40. The number of rotatable bonds is 5. The average Bonchev–Trinajstić information content (AvgIpc) is 3.31. The molecule has 6 nitrogen and oxygen atoms in total. The zero-order valence-corrected chi connectivity index (χ0v) is 14.5. The fraction of sp³-hybridized carbons (Fsp3) is 0.412. The molecule has 1 atom stereocenters. The lowest BCUT2D eigenvalue weighted by atomic mass is 10.0. The van der Waals surface area contributed by atoms with Crippen LogP contribution in [0.25, 0.3) is 11.5 Å². The van der Waals surface area contributed by atoms with Gasteiger partial charge in [-0.15, -0.1) is 11.3 Å². The number of nitrogens with zero attached hydrogens (tertiary/aromatic N) is 6. The Morgan fingerprint density at radius 3 is 2.96 bits per heavy atom. The van der Waals surface area contributed by atoms with E-state index in [4.69, 9.17) is 0 Å². The maximum Gasteiger partial charge on any atom is 0.158 e. The van der Waals surface area contributed by atoms with Gasteiger partial charge in [0, 0.05) is 43.6 Å². The largest absolute Gasteiger partial charge is 0.333 e. The number of hydrogen-bond donors (Lipinski definition) is 0. The summed E-state index contributed by atoms with van der Waals surface area (Å²) in [5.74, 6) is 1.53. The number of likely N-dealkylation sites (tertiary alicyclic amines) is 1. The van der Waals surface area contributed by atoms with Gasteiger partial charge in [0.15, 0.2) is 5.82 Å². The van der Waals surface area contributed by atoms with E-state index >= 15 is 0 Å². The van der Waals surface area contributed by atoms with Crippen molar-refractivity contribution in [3.63, 3.8) is 0 Å². The molecule has 0 N–H and O–H groups in total. The van der Waals surface area contributed by atoms with E-state index in [0.29, 0.717) is 5.92 Å². The molecule has 0 amide bonds. The number of thiazole rings is 1. The van der Waals surface area contributed by atoms with E-state index in [0.717, 1.165) is 43.3 Å². The topological polar surface area (TPSA) is 59.7 Å². The van der Waals surface area contributed by atoms with Crippen molar-refractivity contribution in [3.8, 4) is 11.5 Å². The van der Waals surface area contributed by atoms with Crippen molar-refractivity contribution in [2.45, 2.75) is 19.4 Å². The van der Waals surface area contributed by atoms with Gasteiger partial charge in [-0.2, -0.15) is 0 Å². The molecule has 0 bridgehead atoms. The Labute approximate surface area is 145 Å². The fourth-order valence-corrected chi connectivity index (χ4v) is 3.86. The normalized spacial score (nSPS) is 18.3. The fourth-order valence-electron chi connectivity index (χ4n) is 3.31. The van der Waals surface area contributed by atoms with Crippen LogP contribution in [0.15, 0.2) is 35.7 Å². The minimum Gasteiger partial charge on any atom is -0.333 e. The van der Waals surface area contributed by atoms with Gasteiger partial charge in [0.1, 0.15) is 12.0 Å². The molecule has 0 aliphatic carbocycles. The number of imidazole rings is 1. The first-order chi connectivity index (χ1) is 11.8. The van der Waals surface area contributed by atoms with Crippen LogP contribution in [0.3, 0.4) is 0 Å². The molecule has 1 aliphatic heterocycles. The molecule has 3 aromatic rings. The van der Waals surface area contributed by atoms with Crippen LogP contribution in [0, 0.1) is 5.92 Å². The highest BCUT2D eigenvalue weighted by atomic mass is 32.1. The van der Waals surface area contributed by atoms with Crippen LogP contribution in [-0.2, 0) is 20.0 Å². The summed E-state index contributed by atoms with van der Waals surface area (Å²) in [6.45, 7) is 3.21. The van der Waals surface area contributed by atoms with Gasteiger partial charge < -0.3 is 4.57 Å². The third-order valence-electron chi connectivity index (χ3n) is 4.51. The zero-order chi connectivity index (χ0) is 16.4. The van der Waals surface area contributed by atoms with Gasteiger partial charge in [-0.3, -0.25) is 4.90 Å². The molecular weight excluding hydrogens is 320 g/mol. The maximum atomic E-state index is 4.47. The Morgan fingerprint density at radius 1 is 1.21 bits per heavy atom. The van der Waals surface area contributed by atoms with E-state index < -0.39 is 0 Å². The maximum absolute atomic E-state index is 4.47. The summed E-state index contributed by atoms with van der Waals surface area (Å²) in [5, 5.41) is 2.14. The van der Waals surface area contributed by atoms with Crippen LogP contribution in [0.2, 0.25) is 0 Å². The van der Waals surface area contributed by atoms with Crippen LogP contribution in [-0.4, -0.2) is 42.5 Å². The molecule has 24 heavy (non-hydrogen) atoms. The molecule has 1 fully saturated rings. The Bertz CT molecular complexity index is 797. The van der Waals surface area contributed by atoms with E-state index in [2.05, 4.69) is 36.3 Å². The van der Waals surface area contributed by atoms with Gasteiger partial charge in [-0.05, 0) is 31.4 Å². The Morgan fingerprint density at radius 2 is 2.17 bits per heavy atom. The van der Waals surface area contributed by atoms with E-state index in [9.17, 15) is 0 Å². The second kappa shape index (κ2) is 6.78. The molecule has 0 radical (unpaired) electrons. The van der Waals surface area contributed by atoms with Crippen LogP contribution < -0.4 is 0 Å². The van der Waals surface area contributed by atoms with Gasteiger partial charge in [0.25, 0.3) is 0 Å². The van der Waals surface area contributed by atoms with Crippen molar-refractivity contribution in [2.24, 2.45) is 13.0 Å². The average molecular weight is 340 g/mol. The molecule has 4 heterocycles. The first kappa shape index (κ1) is 15.4. The molecule has 1 unspecified atom stereocenters. The van der Waals surface area contributed by atoms with Crippen molar-refractivity contribution >= 4 is 11.3 Å². The lowest BCUT2D eigenvalue weighted by Crippen LogP contribution is -2.21. The standard InChI is InChI=1S/C17H20N6S/c1-22-5-3-18-17(22)16-7-14(19-11-20-16)6-13-2-4-23(8-13)9-15-10-24-12-21-15/h3,5,7,10-13H,2,4,6,8-9H2,1H3. The van der Waals surface area contributed by atoms with E-state index in [1.54, 1.807) is 23.9 Å². The van der Waals surface area contributed by atoms with Gasteiger partial charge in [-0.25, -0.2) is 19.9 Å². The summed E-state index contributed by atoms with van der Waals surface area (Å²) in [6, 6.07) is 2.07. The van der Waals surface area contributed by atoms with Gasteiger partial charge in [0.2, 0.25) is 0 Å². The number of aryl methyl sites for hydroxylation is 1. The molecule has 7 heteroatoms. The van der Waals surface area contributed by atoms with Gasteiger partial charge in [-0.1, -0.05) is 0 Å². The summed E-state index contributed by atoms with van der Waals surface area (Å²) in [7, 11) is 1.98. The predicted molar refractivity (Wildman–Crippen MR) is 93.4 cm³/mol. The smallest absolute Gasteiger partial charge is 0.158 e. The lowest BCUT2D eigenvalue weighted by molar-refractivity contribution is 0.313. The Kier molecular flexibility index (Phi) is 4.36. The zero-order valence-electron chi connectivity index (χ0n) is 13.7. The van der Waals surface area contributed by atoms with Crippen LogP contribution in [0.5, 0.6) is 0 Å². The van der Waals surface area contributed by atoms with Crippen LogP contribution in [0.1, 0.15) is 17.8 Å². The summed E-state index contributed by atoms with van der Waals surface area (Å²) >= 11 is 1.67. The van der Waals surface area contributed by atoms with Crippen molar-refractivity contribution < 1.29 is 0 Å². The van der Waals surface area contributed by atoms with E-state index in [-0.39, 0.29) is 0 Å². The molecule has 1 saturated heterocycles. The Hall–Kier alpha value is -2.12. The van der Waals surface area contributed by atoms with Crippen molar-refractivity contribution in [1.29, 1.82) is 0 Å². The van der Waals surface area contributed by atoms with Crippen LogP contribution >= 0.6 is 11.3 Å². The molecule has 0 spiro atoms. The van der Waals surface area contributed by atoms with E-state index in [1.807, 2.05) is 23.3 Å². The first-order valence-corrected chi connectivity index (χ1v) is 9.10. The minimum atomic E-state index is 0.646. The van der Waals surface area contributed by atoms with Crippen molar-refractivity contribution in [3.05, 3.63) is 47.1 Å². The van der Waals surface area contributed by atoms with Gasteiger partial charge >= 0.3 is 0 Å². The molecule has 1 aliphatic rings. The monoisotopic (exact) mass is 340 g/mol. The van der Waals surface area contributed by atoms with Crippen molar-refractivity contribution in [2.75, 3.05) is 13.1 Å². The highest BCUT2D eigenvalue weighted by Crippen LogP contribution is 2.23. The summed E-state index contributed by atoms with van der Waals surface area (Å²) in [6.07, 6.45) is 7.59. The molecular formula is C17H20N6S. The number of aromatic nitrogens is 5. The predicted octanol–water partition coefficient (Wildman–Crippen LogP) is 2.40. The second-order valence-electron chi connectivity index (χ2n) is 6.33. The highest BCUT2D eigenvalue weighted by molar-refractivity contribution is 7.07. The highest BCUT2D eigenvalue weighted by Gasteiger charge is 2.23. The number of hydrogen-bond acceptors (Lipinski definition) is 6. The summed E-state index contributed by atoms with van der Waals surface area (Å²) in [5.41, 5.74) is 5.08. The van der Waals surface area contributed by atoms with Crippen LogP contribution in [0.4, 0.5) is 0 Å². The van der Waals surface area contributed by atoms with E-state index in [1.165, 1.54) is 12.1 Å². The molecule has 0 saturated carbocycles. The molecule has 3 aromatic heterocycles. The first-order valence-electron chi connectivity index (χ1n) is 8.16. The second-order valence-corrected chi connectivity index (χ2v) is 7.05. The third-order valence-corrected chi connectivity index (χ3v) is 5.15. The van der Waals surface area contributed by atoms with Gasteiger partial charge in [0.05, 0.1) is 11.2 Å². The SMILES string of the molecule is Cn1ccnc1-c1cc(CC2CCN(Cc3cscn3)C2)ncn1. The molecule has 124 valence electrons. The van der Waals surface area contributed by atoms with Crippen molar-refractivity contribution in [1.82, 2.24) is 29.4 Å². The quantitative estimate of drug-likeness (QED) is 0.714. The third kappa shape index (κ3) is 3.37. The molecule has 0 aromatic carbocycles. The summed E-state index contributed by atoms with van der Waals surface area (Å²) in [4.78, 5) is 20.1. The minimum absolute atomic E-state index is 0.646. The lowest BCUT2D eigenvalue weighted by Gasteiger charge is -2.14. The summed E-state index contributed by atoms with van der Waals surface area (Å²) < 4.78 is 1.98.